The van der Waals surface area contributed by atoms with Gasteiger partial charge in [0.15, 0.2) is 5.82 Å². The second kappa shape index (κ2) is 6.67. The number of likely N-dealkylation sites (tertiary alicyclic amines) is 1. The molecule has 26 heavy (non-hydrogen) atoms. The molecule has 1 saturated heterocycles. The molecule has 1 aliphatic rings. The molecule has 0 aliphatic carbocycles. The average Bonchev–Trinajstić information content (AvgIpc) is 3.20. The zero-order valence-corrected chi connectivity index (χ0v) is 14.5. The van der Waals surface area contributed by atoms with Crippen LogP contribution in [0.2, 0.25) is 0 Å². The summed E-state index contributed by atoms with van der Waals surface area (Å²) < 4.78 is 5.44. The summed E-state index contributed by atoms with van der Waals surface area (Å²) in [6, 6.07) is 9.03. The summed E-state index contributed by atoms with van der Waals surface area (Å²) in [5.41, 5.74) is 0.944. The van der Waals surface area contributed by atoms with Crippen LogP contribution in [-0.4, -0.2) is 44.0 Å². The van der Waals surface area contributed by atoms with Crippen LogP contribution in [0.4, 0.5) is 0 Å². The number of carbonyl (C=O) groups excluding carboxylic acids is 1. The van der Waals surface area contributed by atoms with E-state index >= 15 is 0 Å². The molecular formula is C19H19N5O2. The van der Waals surface area contributed by atoms with Crippen molar-refractivity contribution in [3.8, 4) is 11.5 Å². The Bertz CT molecular complexity index is 897. The lowest BCUT2D eigenvalue weighted by Gasteiger charge is -2.38. The molecule has 3 aromatic heterocycles. The van der Waals surface area contributed by atoms with Crippen LogP contribution in [0.25, 0.3) is 11.5 Å². The number of hydrogen-bond donors (Lipinski definition) is 0. The highest BCUT2D eigenvalue weighted by Gasteiger charge is 2.39. The van der Waals surface area contributed by atoms with E-state index in [1.165, 1.54) is 0 Å². The van der Waals surface area contributed by atoms with E-state index in [1.807, 2.05) is 23.1 Å². The number of nitrogens with zero attached hydrogens (tertiary/aromatic N) is 5. The first-order valence-corrected chi connectivity index (χ1v) is 8.61. The summed E-state index contributed by atoms with van der Waals surface area (Å²) in [6.07, 6.45) is 6.79. The molecule has 1 aliphatic heterocycles. The minimum Gasteiger partial charge on any atom is -0.336 e. The molecule has 0 radical (unpaired) electrons. The van der Waals surface area contributed by atoms with Crippen LogP contribution in [0.3, 0.4) is 0 Å². The van der Waals surface area contributed by atoms with Crippen molar-refractivity contribution < 1.29 is 9.32 Å². The lowest BCUT2D eigenvalue weighted by atomic mass is 9.81. The molecule has 0 bridgehead atoms. The number of aromatic nitrogens is 4. The van der Waals surface area contributed by atoms with Gasteiger partial charge in [-0.1, -0.05) is 18.1 Å². The average molecular weight is 349 g/mol. The number of carbonyl (C=O) groups is 1. The van der Waals surface area contributed by atoms with E-state index < -0.39 is 0 Å². The highest BCUT2D eigenvalue weighted by molar-refractivity contribution is 5.92. The minimum atomic E-state index is -0.350. The second-order valence-corrected chi connectivity index (χ2v) is 6.76. The summed E-state index contributed by atoms with van der Waals surface area (Å²) in [5.74, 6) is 1.04. The third-order valence-electron chi connectivity index (χ3n) is 4.76. The smallest absolute Gasteiger partial charge is 0.272 e. The lowest BCUT2D eigenvalue weighted by Crippen LogP contribution is -2.47. The Morgan fingerprint density at radius 3 is 2.81 bits per heavy atom. The molecule has 0 spiro atoms. The van der Waals surface area contributed by atoms with Crippen molar-refractivity contribution in [3.63, 3.8) is 0 Å². The summed E-state index contributed by atoms with van der Waals surface area (Å²) in [5, 5.41) is 4.19. The third kappa shape index (κ3) is 3.08. The molecule has 4 rings (SSSR count). The van der Waals surface area contributed by atoms with Gasteiger partial charge in [0, 0.05) is 42.7 Å². The number of pyridine rings is 2. The van der Waals surface area contributed by atoms with E-state index in [4.69, 9.17) is 4.52 Å². The Morgan fingerprint density at radius 2 is 2.04 bits per heavy atom. The van der Waals surface area contributed by atoms with Gasteiger partial charge in [-0.2, -0.15) is 4.98 Å². The van der Waals surface area contributed by atoms with Gasteiger partial charge in [0.2, 0.25) is 0 Å². The molecule has 3 aromatic rings. The van der Waals surface area contributed by atoms with E-state index in [2.05, 4.69) is 27.0 Å². The quantitative estimate of drug-likeness (QED) is 0.723. The zero-order chi connectivity index (χ0) is 18.0. The first-order chi connectivity index (χ1) is 12.7. The maximum Gasteiger partial charge on any atom is 0.272 e. The van der Waals surface area contributed by atoms with Gasteiger partial charge in [-0.3, -0.25) is 14.8 Å². The largest absolute Gasteiger partial charge is 0.336 e. The highest BCUT2D eigenvalue weighted by atomic mass is 16.5. The standard InChI is InChI=1S/C19H19N5O2/c1-19(18-22-16(26-23-18)14-6-10-20-11-7-14)8-4-12-24(13-19)17(25)15-5-2-3-9-21-15/h2-3,5-7,9-11H,4,8,12-13H2,1H3. The van der Waals surface area contributed by atoms with Gasteiger partial charge in [-0.15, -0.1) is 0 Å². The Labute approximate surface area is 151 Å². The van der Waals surface area contributed by atoms with E-state index in [9.17, 15) is 4.79 Å². The molecule has 0 aromatic carbocycles. The summed E-state index contributed by atoms with van der Waals surface area (Å²) >= 11 is 0. The Kier molecular flexibility index (Phi) is 4.20. The number of rotatable bonds is 3. The molecule has 132 valence electrons. The highest BCUT2D eigenvalue weighted by Crippen LogP contribution is 2.33. The maximum absolute atomic E-state index is 12.7. The predicted molar refractivity (Wildman–Crippen MR) is 94.3 cm³/mol. The van der Waals surface area contributed by atoms with Crippen LogP contribution < -0.4 is 0 Å². The first-order valence-electron chi connectivity index (χ1n) is 8.61. The SMILES string of the molecule is CC1(c2noc(-c3ccncc3)n2)CCCN(C(=O)c2ccccn2)C1. The number of piperidine rings is 1. The van der Waals surface area contributed by atoms with Gasteiger partial charge >= 0.3 is 0 Å². The number of hydrogen-bond acceptors (Lipinski definition) is 6. The maximum atomic E-state index is 12.7. The molecule has 7 nitrogen and oxygen atoms in total. The van der Waals surface area contributed by atoms with Gasteiger partial charge in [-0.05, 0) is 37.1 Å². The van der Waals surface area contributed by atoms with Gasteiger partial charge in [0.05, 0.1) is 0 Å². The van der Waals surface area contributed by atoms with Crippen molar-refractivity contribution in [1.29, 1.82) is 0 Å². The lowest BCUT2D eigenvalue weighted by molar-refractivity contribution is 0.0636. The third-order valence-corrected chi connectivity index (χ3v) is 4.76. The normalized spacial score (nSPS) is 20.1. The van der Waals surface area contributed by atoms with Crippen LogP contribution in [0, 0.1) is 0 Å². The molecule has 0 N–H and O–H groups in total. The van der Waals surface area contributed by atoms with Crippen LogP contribution >= 0.6 is 0 Å². The summed E-state index contributed by atoms with van der Waals surface area (Å²) in [4.78, 5) is 27.3. The van der Waals surface area contributed by atoms with Crippen molar-refractivity contribution in [2.24, 2.45) is 0 Å². The van der Waals surface area contributed by atoms with Gasteiger partial charge < -0.3 is 9.42 Å². The molecule has 4 heterocycles. The molecule has 1 unspecified atom stereocenters. The van der Waals surface area contributed by atoms with Gasteiger partial charge in [0.1, 0.15) is 5.69 Å². The van der Waals surface area contributed by atoms with Crippen LogP contribution in [0.15, 0.2) is 53.4 Å². The van der Waals surface area contributed by atoms with E-state index in [-0.39, 0.29) is 11.3 Å². The second-order valence-electron chi connectivity index (χ2n) is 6.76. The fourth-order valence-electron chi connectivity index (χ4n) is 3.33. The molecule has 1 fully saturated rings. The fourth-order valence-corrected chi connectivity index (χ4v) is 3.33. The number of amides is 1. The Morgan fingerprint density at radius 1 is 1.19 bits per heavy atom. The van der Waals surface area contributed by atoms with E-state index in [1.54, 1.807) is 30.7 Å². The molecule has 7 heteroatoms. The van der Waals surface area contributed by atoms with Crippen molar-refractivity contribution in [1.82, 2.24) is 25.0 Å². The van der Waals surface area contributed by atoms with Crippen LogP contribution in [0.5, 0.6) is 0 Å². The monoisotopic (exact) mass is 349 g/mol. The van der Waals surface area contributed by atoms with E-state index in [0.29, 0.717) is 30.5 Å². The zero-order valence-electron chi connectivity index (χ0n) is 14.5. The minimum absolute atomic E-state index is 0.0608. The topological polar surface area (TPSA) is 85.0 Å². The van der Waals surface area contributed by atoms with Gasteiger partial charge in [0.25, 0.3) is 11.8 Å². The molecular weight excluding hydrogens is 330 g/mol. The fraction of sp³-hybridized carbons (Fsp3) is 0.316. The van der Waals surface area contributed by atoms with Crippen molar-refractivity contribution in [2.75, 3.05) is 13.1 Å². The van der Waals surface area contributed by atoms with Crippen molar-refractivity contribution in [2.45, 2.75) is 25.2 Å². The Hall–Kier alpha value is -3.09. The molecule has 1 amide bonds. The summed E-state index contributed by atoms with van der Waals surface area (Å²) in [7, 11) is 0. The van der Waals surface area contributed by atoms with Crippen LogP contribution in [-0.2, 0) is 5.41 Å². The molecule has 0 saturated carbocycles. The van der Waals surface area contributed by atoms with Crippen molar-refractivity contribution in [3.05, 3.63) is 60.4 Å². The van der Waals surface area contributed by atoms with Crippen LogP contribution in [0.1, 0.15) is 36.1 Å². The Balaban J connectivity index is 1.56. The summed E-state index contributed by atoms with van der Waals surface area (Å²) in [6.45, 7) is 3.32. The predicted octanol–water partition coefficient (Wildman–Crippen LogP) is 2.72. The molecule has 1 atom stereocenters. The van der Waals surface area contributed by atoms with Crippen molar-refractivity contribution >= 4 is 5.91 Å². The first kappa shape index (κ1) is 16.4. The van der Waals surface area contributed by atoms with Gasteiger partial charge in [-0.25, -0.2) is 0 Å². The van der Waals surface area contributed by atoms with E-state index in [0.717, 1.165) is 18.4 Å².